The molecule has 0 bridgehead atoms. The third-order valence-corrected chi connectivity index (χ3v) is 5.40. The number of nitrogen functional groups attached to an aromatic ring is 1. The Kier molecular flexibility index (Phi) is 4.45. The van der Waals surface area contributed by atoms with Gasteiger partial charge in [-0.2, -0.15) is 4.31 Å². The van der Waals surface area contributed by atoms with Crippen molar-refractivity contribution < 1.29 is 18.1 Å². The maximum absolute atomic E-state index is 12.6. The normalized spacial score (nSPS) is 20.3. The quantitative estimate of drug-likeness (QED) is 0.503. The van der Waals surface area contributed by atoms with E-state index in [-0.39, 0.29) is 23.2 Å². The van der Waals surface area contributed by atoms with Crippen molar-refractivity contribution in [1.82, 2.24) is 4.31 Å². The van der Waals surface area contributed by atoms with E-state index in [9.17, 15) is 18.5 Å². The summed E-state index contributed by atoms with van der Waals surface area (Å²) in [4.78, 5) is 10.1. The zero-order valence-corrected chi connectivity index (χ0v) is 12.4. The number of anilines is 1. The molecule has 1 aliphatic heterocycles. The molecule has 1 heterocycles. The average molecular weight is 315 g/mol. The summed E-state index contributed by atoms with van der Waals surface area (Å²) in [7, 11) is -3.80. The van der Waals surface area contributed by atoms with E-state index in [2.05, 4.69) is 0 Å². The summed E-state index contributed by atoms with van der Waals surface area (Å²) in [6.45, 7) is 2.74. The van der Waals surface area contributed by atoms with Crippen LogP contribution in [0.2, 0.25) is 0 Å². The lowest BCUT2D eigenvalue weighted by molar-refractivity contribution is -0.384. The minimum Gasteiger partial charge on any atom is -0.393 e. The van der Waals surface area contributed by atoms with Crippen LogP contribution >= 0.6 is 0 Å². The molecule has 1 atom stereocenters. The van der Waals surface area contributed by atoms with Gasteiger partial charge in [0.15, 0.2) is 0 Å². The van der Waals surface area contributed by atoms with Crippen molar-refractivity contribution in [3.05, 3.63) is 28.3 Å². The number of hydrogen-bond acceptors (Lipinski definition) is 6. The van der Waals surface area contributed by atoms with Gasteiger partial charge in [0, 0.05) is 18.7 Å². The van der Waals surface area contributed by atoms with Gasteiger partial charge in [0.25, 0.3) is 5.69 Å². The molecule has 1 saturated heterocycles. The first-order valence-corrected chi connectivity index (χ1v) is 7.95. The molecule has 1 fully saturated rings. The second-order valence-corrected chi connectivity index (χ2v) is 6.62. The van der Waals surface area contributed by atoms with E-state index >= 15 is 0 Å². The number of hydrogen-bond donors (Lipinski definition) is 1. The van der Waals surface area contributed by atoms with Crippen LogP contribution in [-0.4, -0.2) is 43.4 Å². The molecule has 1 aromatic rings. The van der Waals surface area contributed by atoms with Crippen LogP contribution < -0.4 is 5.73 Å². The fraction of sp³-hybridized carbons (Fsp3) is 0.500. The third-order valence-electron chi connectivity index (χ3n) is 3.45. The number of nitro groups is 1. The Morgan fingerprint density at radius 2 is 2.24 bits per heavy atom. The van der Waals surface area contributed by atoms with E-state index < -0.39 is 20.6 Å². The van der Waals surface area contributed by atoms with Gasteiger partial charge >= 0.3 is 0 Å². The van der Waals surface area contributed by atoms with E-state index in [1.54, 1.807) is 0 Å². The molecule has 1 aromatic carbocycles. The van der Waals surface area contributed by atoms with Gasteiger partial charge in [-0.15, -0.1) is 0 Å². The number of nitrogens with two attached hydrogens (primary N) is 1. The van der Waals surface area contributed by atoms with Gasteiger partial charge in [-0.3, -0.25) is 10.1 Å². The van der Waals surface area contributed by atoms with Gasteiger partial charge in [-0.25, -0.2) is 8.42 Å². The minimum atomic E-state index is -3.80. The van der Waals surface area contributed by atoms with Gasteiger partial charge in [-0.1, -0.05) is 6.92 Å². The molecule has 1 unspecified atom stereocenters. The molecule has 0 aromatic heterocycles. The Bertz CT molecular complexity index is 646. The molecule has 8 nitrogen and oxygen atoms in total. The molecule has 116 valence electrons. The highest BCUT2D eigenvalue weighted by atomic mass is 32.2. The van der Waals surface area contributed by atoms with Crippen LogP contribution in [0, 0.1) is 10.1 Å². The summed E-state index contributed by atoms with van der Waals surface area (Å²) in [6.07, 6.45) is 0.607. The monoisotopic (exact) mass is 315 g/mol. The molecule has 0 spiro atoms. The van der Waals surface area contributed by atoms with Crippen molar-refractivity contribution in [1.29, 1.82) is 0 Å². The SMILES string of the molecule is CCC1COCCN1S(=O)(=O)c1ccc(N)c([N+](=O)[O-])c1. The van der Waals surface area contributed by atoms with Crippen LogP contribution in [0.15, 0.2) is 23.1 Å². The van der Waals surface area contributed by atoms with Crippen molar-refractivity contribution in [2.75, 3.05) is 25.5 Å². The highest BCUT2D eigenvalue weighted by Crippen LogP contribution is 2.28. The Balaban J connectivity index is 2.43. The second kappa shape index (κ2) is 5.96. The predicted molar refractivity (Wildman–Crippen MR) is 76.3 cm³/mol. The first kappa shape index (κ1) is 15.7. The van der Waals surface area contributed by atoms with Gasteiger partial charge in [0.05, 0.1) is 23.0 Å². The van der Waals surface area contributed by atoms with Crippen molar-refractivity contribution in [2.45, 2.75) is 24.3 Å². The molecular weight excluding hydrogens is 298 g/mol. The predicted octanol–water partition coefficient (Wildman–Crippen LogP) is 0.977. The van der Waals surface area contributed by atoms with Crippen LogP contribution in [0.3, 0.4) is 0 Å². The van der Waals surface area contributed by atoms with Crippen molar-refractivity contribution in [3.63, 3.8) is 0 Å². The van der Waals surface area contributed by atoms with E-state index in [0.717, 1.165) is 6.07 Å². The molecule has 9 heteroatoms. The van der Waals surface area contributed by atoms with Crippen LogP contribution in [0.4, 0.5) is 11.4 Å². The smallest absolute Gasteiger partial charge is 0.293 e. The fourth-order valence-electron chi connectivity index (χ4n) is 2.25. The molecule has 0 radical (unpaired) electrons. The summed E-state index contributed by atoms with van der Waals surface area (Å²) in [5.74, 6) is 0. The van der Waals surface area contributed by atoms with Gasteiger partial charge < -0.3 is 10.5 Å². The molecule has 21 heavy (non-hydrogen) atoms. The maximum atomic E-state index is 12.6. The van der Waals surface area contributed by atoms with Gasteiger partial charge in [0.2, 0.25) is 10.0 Å². The van der Waals surface area contributed by atoms with Crippen molar-refractivity contribution >= 4 is 21.4 Å². The van der Waals surface area contributed by atoms with E-state index in [4.69, 9.17) is 10.5 Å². The molecule has 0 aliphatic carbocycles. The summed E-state index contributed by atoms with van der Waals surface area (Å²) >= 11 is 0. The number of sulfonamides is 1. The third kappa shape index (κ3) is 2.99. The number of morpholine rings is 1. The van der Waals surface area contributed by atoms with Crippen LogP contribution in [-0.2, 0) is 14.8 Å². The first-order valence-electron chi connectivity index (χ1n) is 6.51. The lowest BCUT2D eigenvalue weighted by Crippen LogP contribution is -2.48. The molecular formula is C12H17N3O5S. The number of ether oxygens (including phenoxy) is 1. The highest BCUT2D eigenvalue weighted by molar-refractivity contribution is 7.89. The number of nitro benzene ring substituents is 1. The molecule has 1 aliphatic rings. The molecule has 0 amide bonds. The average Bonchev–Trinajstić information content (AvgIpc) is 2.47. The zero-order valence-electron chi connectivity index (χ0n) is 11.6. The summed E-state index contributed by atoms with van der Waals surface area (Å²) < 4.78 is 31.9. The largest absolute Gasteiger partial charge is 0.393 e. The van der Waals surface area contributed by atoms with Crippen LogP contribution in [0.25, 0.3) is 0 Å². The Hall–Kier alpha value is -1.71. The minimum absolute atomic E-state index is 0.0621. The summed E-state index contributed by atoms with van der Waals surface area (Å²) in [5, 5.41) is 10.9. The van der Waals surface area contributed by atoms with Crippen molar-refractivity contribution in [2.24, 2.45) is 0 Å². The van der Waals surface area contributed by atoms with Gasteiger partial charge in [-0.05, 0) is 18.6 Å². The summed E-state index contributed by atoms with van der Waals surface area (Å²) in [6, 6.07) is 3.28. The van der Waals surface area contributed by atoms with Gasteiger partial charge in [0.1, 0.15) is 5.69 Å². The van der Waals surface area contributed by atoms with E-state index in [0.29, 0.717) is 19.6 Å². The second-order valence-electron chi connectivity index (χ2n) is 4.73. The molecule has 0 saturated carbocycles. The van der Waals surface area contributed by atoms with E-state index in [1.807, 2.05) is 6.92 Å². The first-order chi connectivity index (χ1) is 9.87. The Labute approximate surface area is 122 Å². The van der Waals surface area contributed by atoms with Crippen LogP contribution in [0.1, 0.15) is 13.3 Å². The lowest BCUT2D eigenvalue weighted by Gasteiger charge is -2.33. The summed E-state index contributed by atoms with van der Waals surface area (Å²) in [5.41, 5.74) is 5.03. The van der Waals surface area contributed by atoms with Crippen LogP contribution in [0.5, 0.6) is 0 Å². The Morgan fingerprint density at radius 1 is 1.52 bits per heavy atom. The molecule has 2 rings (SSSR count). The fourth-order valence-corrected chi connectivity index (χ4v) is 3.94. The number of benzene rings is 1. The van der Waals surface area contributed by atoms with E-state index in [1.165, 1.54) is 16.4 Å². The number of nitrogens with zero attached hydrogens (tertiary/aromatic N) is 2. The topological polar surface area (TPSA) is 116 Å². The maximum Gasteiger partial charge on any atom is 0.293 e. The highest BCUT2D eigenvalue weighted by Gasteiger charge is 2.34. The Morgan fingerprint density at radius 3 is 2.86 bits per heavy atom. The van der Waals surface area contributed by atoms with Crippen molar-refractivity contribution in [3.8, 4) is 0 Å². The zero-order chi connectivity index (χ0) is 15.6. The lowest BCUT2D eigenvalue weighted by atomic mass is 10.2. The standard InChI is InChI=1S/C12H17N3O5S/c1-2-9-8-20-6-5-14(9)21(18,19)10-3-4-11(13)12(7-10)15(16)17/h3-4,7,9H,2,5-6,8,13H2,1H3. The number of rotatable bonds is 4. The molecule has 2 N–H and O–H groups in total.